The molecule has 23 heavy (non-hydrogen) atoms. The van der Waals surface area contributed by atoms with Gasteiger partial charge in [0.25, 0.3) is 0 Å². The summed E-state index contributed by atoms with van der Waals surface area (Å²) in [6, 6.07) is 0.0324. The predicted molar refractivity (Wildman–Crippen MR) is 83.9 cm³/mol. The van der Waals surface area contributed by atoms with Crippen LogP contribution in [0.4, 0.5) is 0 Å². The Morgan fingerprint density at radius 1 is 1.17 bits per heavy atom. The third kappa shape index (κ3) is 3.40. The summed E-state index contributed by atoms with van der Waals surface area (Å²) in [6.07, 6.45) is 0.841. The van der Waals surface area contributed by atoms with E-state index in [0.717, 1.165) is 38.4 Å². The summed E-state index contributed by atoms with van der Waals surface area (Å²) < 4.78 is 10.7. The maximum Gasteiger partial charge on any atom is 0.323 e. The zero-order chi connectivity index (χ0) is 16.6. The Bertz CT molecular complexity index is 551. The highest BCUT2D eigenvalue weighted by Gasteiger charge is 2.38. The van der Waals surface area contributed by atoms with E-state index >= 15 is 0 Å². The number of cyclic esters (lactones) is 1. The van der Waals surface area contributed by atoms with Crippen LogP contribution in [0.25, 0.3) is 0 Å². The number of piperazine rings is 1. The van der Waals surface area contributed by atoms with Crippen molar-refractivity contribution in [1.82, 2.24) is 19.9 Å². The van der Waals surface area contributed by atoms with Crippen LogP contribution < -0.4 is 0 Å². The predicted octanol–water partition coefficient (Wildman–Crippen LogP) is 1.58. The van der Waals surface area contributed by atoms with Crippen LogP contribution in [0.2, 0.25) is 0 Å². The van der Waals surface area contributed by atoms with Crippen molar-refractivity contribution in [1.29, 1.82) is 0 Å². The van der Waals surface area contributed by atoms with Crippen LogP contribution in [-0.2, 0) is 9.53 Å². The number of carbonyl (C=O) groups excluding carboxylic acids is 1. The second-order valence-electron chi connectivity index (χ2n) is 6.89. The van der Waals surface area contributed by atoms with Gasteiger partial charge in [0, 0.05) is 38.5 Å². The van der Waals surface area contributed by atoms with Gasteiger partial charge in [0.2, 0.25) is 5.89 Å². The zero-order valence-corrected chi connectivity index (χ0v) is 14.4. The Balaban J connectivity index is 1.56. The highest BCUT2D eigenvalue weighted by atomic mass is 16.6. The van der Waals surface area contributed by atoms with E-state index in [4.69, 9.17) is 9.26 Å². The van der Waals surface area contributed by atoms with Crippen molar-refractivity contribution in [3.8, 4) is 0 Å². The molecular formula is C16H26N4O3. The first-order valence-corrected chi connectivity index (χ1v) is 8.47. The largest absolute Gasteiger partial charge is 0.461 e. The number of esters is 1. The number of rotatable bonds is 4. The van der Waals surface area contributed by atoms with Crippen LogP contribution in [0, 0.1) is 0 Å². The molecule has 2 aliphatic rings. The molecule has 0 aromatic carbocycles. The molecule has 3 heterocycles. The maximum absolute atomic E-state index is 11.9. The van der Waals surface area contributed by atoms with Crippen LogP contribution in [0.3, 0.4) is 0 Å². The standard InChI is InChI=1S/C16H26N4O3/c1-10(2)14-17-15(23-18-14)12(4)19-5-7-20(8-6-19)13-9-11(3)22-16(13)21/h10-13H,5-9H2,1-4H3/t11-,12+,13-/m1/s1. The Morgan fingerprint density at radius 3 is 2.39 bits per heavy atom. The average Bonchev–Trinajstić information content (AvgIpc) is 3.13. The monoisotopic (exact) mass is 322 g/mol. The molecule has 3 atom stereocenters. The third-order valence-electron chi connectivity index (χ3n) is 4.81. The lowest BCUT2D eigenvalue weighted by Gasteiger charge is -2.38. The highest BCUT2D eigenvalue weighted by molar-refractivity contribution is 5.78. The van der Waals surface area contributed by atoms with E-state index in [1.54, 1.807) is 0 Å². The van der Waals surface area contributed by atoms with Crippen molar-refractivity contribution >= 4 is 5.97 Å². The molecule has 0 spiro atoms. The first-order valence-electron chi connectivity index (χ1n) is 8.47. The molecular weight excluding hydrogens is 296 g/mol. The van der Waals surface area contributed by atoms with Gasteiger partial charge < -0.3 is 9.26 Å². The van der Waals surface area contributed by atoms with Crippen LogP contribution >= 0.6 is 0 Å². The van der Waals surface area contributed by atoms with E-state index in [1.165, 1.54) is 0 Å². The van der Waals surface area contributed by atoms with E-state index in [0.29, 0.717) is 5.89 Å². The molecule has 0 saturated carbocycles. The van der Waals surface area contributed by atoms with Crippen molar-refractivity contribution < 1.29 is 14.1 Å². The van der Waals surface area contributed by atoms with Crippen LogP contribution in [-0.4, -0.2) is 64.2 Å². The first kappa shape index (κ1) is 16.4. The van der Waals surface area contributed by atoms with Gasteiger partial charge in [0.05, 0.1) is 6.04 Å². The number of nitrogens with zero attached hydrogens (tertiary/aromatic N) is 4. The summed E-state index contributed by atoms with van der Waals surface area (Å²) in [4.78, 5) is 20.9. The van der Waals surface area contributed by atoms with Gasteiger partial charge in [0.1, 0.15) is 12.1 Å². The highest BCUT2D eigenvalue weighted by Crippen LogP contribution is 2.25. The van der Waals surface area contributed by atoms with E-state index in [9.17, 15) is 4.79 Å². The summed E-state index contributed by atoms with van der Waals surface area (Å²) >= 11 is 0. The smallest absolute Gasteiger partial charge is 0.323 e. The van der Waals surface area contributed by atoms with Crippen molar-refractivity contribution in [2.45, 2.75) is 58.2 Å². The summed E-state index contributed by atoms with van der Waals surface area (Å²) in [5, 5.41) is 4.04. The van der Waals surface area contributed by atoms with Crippen LogP contribution in [0.15, 0.2) is 4.52 Å². The van der Waals surface area contributed by atoms with Gasteiger partial charge in [-0.3, -0.25) is 14.6 Å². The Kier molecular flexibility index (Phi) is 4.68. The second kappa shape index (κ2) is 6.57. The van der Waals surface area contributed by atoms with Gasteiger partial charge in [0.15, 0.2) is 5.82 Å². The number of hydrogen-bond acceptors (Lipinski definition) is 7. The van der Waals surface area contributed by atoms with Gasteiger partial charge in [-0.05, 0) is 13.8 Å². The lowest BCUT2D eigenvalue weighted by atomic mass is 10.1. The molecule has 0 bridgehead atoms. The normalized spacial score (nSPS) is 28.3. The lowest BCUT2D eigenvalue weighted by molar-refractivity contribution is -0.145. The van der Waals surface area contributed by atoms with E-state index in [-0.39, 0.29) is 30.1 Å². The summed E-state index contributed by atoms with van der Waals surface area (Å²) in [5.74, 6) is 1.63. The molecule has 7 heteroatoms. The maximum atomic E-state index is 11.9. The van der Waals surface area contributed by atoms with Gasteiger partial charge in [-0.2, -0.15) is 4.98 Å². The SMILES string of the molecule is CC(C)c1noc([C@H](C)N2CCN([C@@H]3C[C@@H](C)OC3=O)CC2)n1. The van der Waals surface area contributed by atoms with Gasteiger partial charge in [-0.25, -0.2) is 0 Å². The van der Waals surface area contributed by atoms with Crippen molar-refractivity contribution in [3.63, 3.8) is 0 Å². The van der Waals surface area contributed by atoms with Gasteiger partial charge in [-0.1, -0.05) is 19.0 Å². The Hall–Kier alpha value is -1.47. The molecule has 1 aromatic rings. The van der Waals surface area contributed by atoms with Crippen molar-refractivity contribution in [2.24, 2.45) is 0 Å². The third-order valence-corrected chi connectivity index (χ3v) is 4.81. The molecule has 0 N–H and O–H groups in total. The zero-order valence-electron chi connectivity index (χ0n) is 14.4. The average molecular weight is 322 g/mol. The molecule has 0 amide bonds. The molecule has 3 rings (SSSR count). The molecule has 0 aliphatic carbocycles. The quantitative estimate of drug-likeness (QED) is 0.779. The molecule has 128 valence electrons. The van der Waals surface area contributed by atoms with Crippen molar-refractivity contribution in [3.05, 3.63) is 11.7 Å². The summed E-state index contributed by atoms with van der Waals surface area (Å²) in [7, 11) is 0. The van der Waals surface area contributed by atoms with Crippen molar-refractivity contribution in [2.75, 3.05) is 26.2 Å². The molecule has 1 aromatic heterocycles. The lowest BCUT2D eigenvalue weighted by Crippen LogP contribution is -2.52. The minimum absolute atomic E-state index is 0.0392. The topological polar surface area (TPSA) is 71.7 Å². The second-order valence-corrected chi connectivity index (χ2v) is 6.89. The van der Waals surface area contributed by atoms with Gasteiger partial charge in [-0.15, -0.1) is 0 Å². The fourth-order valence-electron chi connectivity index (χ4n) is 3.28. The minimum Gasteiger partial charge on any atom is -0.461 e. The van der Waals surface area contributed by atoms with Gasteiger partial charge >= 0.3 is 5.97 Å². The summed E-state index contributed by atoms with van der Waals surface area (Å²) in [6.45, 7) is 11.7. The summed E-state index contributed by atoms with van der Waals surface area (Å²) in [5.41, 5.74) is 0. The van der Waals surface area contributed by atoms with E-state index < -0.39 is 0 Å². The fourth-order valence-corrected chi connectivity index (χ4v) is 3.28. The number of aromatic nitrogens is 2. The van der Waals surface area contributed by atoms with E-state index in [2.05, 4.69) is 40.7 Å². The molecule has 0 radical (unpaired) electrons. The molecule has 7 nitrogen and oxygen atoms in total. The Labute approximate surface area is 137 Å². The molecule has 0 unspecified atom stereocenters. The number of hydrogen-bond donors (Lipinski definition) is 0. The molecule has 2 fully saturated rings. The fraction of sp³-hybridized carbons (Fsp3) is 0.812. The number of carbonyl (C=O) groups is 1. The minimum atomic E-state index is -0.0718. The first-order chi connectivity index (χ1) is 11.0. The van der Waals surface area contributed by atoms with E-state index in [1.807, 2.05) is 6.92 Å². The number of ether oxygens (including phenoxy) is 1. The Morgan fingerprint density at radius 2 is 1.87 bits per heavy atom. The molecule has 2 saturated heterocycles. The molecule has 2 aliphatic heterocycles. The van der Waals surface area contributed by atoms with Crippen LogP contribution in [0.1, 0.15) is 57.8 Å². The van der Waals surface area contributed by atoms with Crippen LogP contribution in [0.5, 0.6) is 0 Å².